The molecule has 1 aromatic rings. The molecule has 1 aromatic heterocycles. The molecule has 5 nitrogen and oxygen atoms in total. The molecule has 6 heteroatoms. The summed E-state index contributed by atoms with van der Waals surface area (Å²) in [6, 6.07) is 0.344. The van der Waals surface area contributed by atoms with E-state index in [1.54, 1.807) is 12.4 Å². The van der Waals surface area contributed by atoms with Crippen molar-refractivity contribution >= 4 is 15.9 Å². The van der Waals surface area contributed by atoms with Gasteiger partial charge in [-0.15, -0.1) is 0 Å². The normalized spacial score (nSPS) is 23.3. The Morgan fingerprint density at radius 2 is 2.19 bits per heavy atom. The Kier molecular flexibility index (Phi) is 3.41. The van der Waals surface area contributed by atoms with Crippen molar-refractivity contribution in [2.24, 2.45) is 0 Å². The predicted octanol–water partition coefficient (Wildman–Crippen LogP) is 1.77. The molecule has 0 bridgehead atoms. The summed E-state index contributed by atoms with van der Waals surface area (Å²) in [6.07, 6.45) is 3.21. The summed E-state index contributed by atoms with van der Waals surface area (Å²) in [5.74, 6) is -0.519. The number of ether oxygens (including phenoxy) is 3. The highest BCUT2D eigenvalue weighted by molar-refractivity contribution is 9.10. The molecule has 16 heavy (non-hydrogen) atoms. The molecule has 1 aliphatic rings. The Morgan fingerprint density at radius 3 is 2.75 bits per heavy atom. The maximum atomic E-state index is 5.58. The molecule has 1 fully saturated rings. The van der Waals surface area contributed by atoms with Gasteiger partial charge in [-0.05, 0) is 29.8 Å². The summed E-state index contributed by atoms with van der Waals surface area (Å²) in [6.45, 7) is 4.68. The van der Waals surface area contributed by atoms with Crippen LogP contribution in [0.2, 0.25) is 0 Å². The summed E-state index contributed by atoms with van der Waals surface area (Å²) < 4.78 is 17.2. The second-order valence-corrected chi connectivity index (χ2v) is 4.86. The first-order valence-electron chi connectivity index (χ1n) is 4.97. The number of rotatable bonds is 3. The van der Waals surface area contributed by atoms with E-state index in [1.807, 2.05) is 13.8 Å². The Labute approximate surface area is 102 Å². The van der Waals surface area contributed by atoms with Gasteiger partial charge < -0.3 is 14.2 Å². The van der Waals surface area contributed by atoms with Gasteiger partial charge in [-0.25, -0.2) is 9.97 Å². The molecular weight excluding hydrogens is 276 g/mol. The van der Waals surface area contributed by atoms with E-state index >= 15 is 0 Å². The zero-order chi connectivity index (χ0) is 11.6. The van der Waals surface area contributed by atoms with Crippen LogP contribution >= 0.6 is 15.9 Å². The van der Waals surface area contributed by atoms with E-state index in [9.17, 15) is 0 Å². The third kappa shape index (κ3) is 3.13. The van der Waals surface area contributed by atoms with E-state index in [-0.39, 0.29) is 6.10 Å². The fraction of sp³-hybridized carbons (Fsp3) is 0.600. The van der Waals surface area contributed by atoms with Crippen LogP contribution in [0.4, 0.5) is 0 Å². The van der Waals surface area contributed by atoms with Crippen LogP contribution in [0.25, 0.3) is 0 Å². The Balaban J connectivity index is 1.82. The van der Waals surface area contributed by atoms with Gasteiger partial charge in [-0.1, -0.05) is 0 Å². The van der Waals surface area contributed by atoms with Crippen LogP contribution in [0.5, 0.6) is 6.01 Å². The van der Waals surface area contributed by atoms with Crippen LogP contribution < -0.4 is 4.74 Å². The lowest BCUT2D eigenvalue weighted by molar-refractivity contribution is -0.141. The first kappa shape index (κ1) is 11.8. The van der Waals surface area contributed by atoms with Crippen molar-refractivity contribution in [2.75, 3.05) is 13.2 Å². The summed E-state index contributed by atoms with van der Waals surface area (Å²) >= 11 is 3.25. The molecule has 88 valence electrons. The molecule has 0 spiro atoms. The maximum Gasteiger partial charge on any atom is 0.316 e. The minimum atomic E-state index is -0.519. The second-order valence-electron chi connectivity index (χ2n) is 3.95. The summed E-state index contributed by atoms with van der Waals surface area (Å²) in [7, 11) is 0. The SMILES string of the molecule is CC1(C)OC[C@@H](COc2ncc(Br)cn2)O1. The van der Waals surface area contributed by atoms with Gasteiger partial charge in [-0.3, -0.25) is 0 Å². The van der Waals surface area contributed by atoms with Crippen LogP contribution in [-0.2, 0) is 9.47 Å². The Hall–Kier alpha value is -0.720. The van der Waals surface area contributed by atoms with E-state index in [0.717, 1.165) is 4.47 Å². The molecule has 0 aliphatic carbocycles. The lowest BCUT2D eigenvalue weighted by Crippen LogP contribution is -2.25. The molecule has 0 radical (unpaired) electrons. The molecule has 0 aromatic carbocycles. The standard InChI is InChI=1S/C10H13BrN2O3/c1-10(2)15-6-8(16-10)5-14-9-12-3-7(11)4-13-9/h3-4,8H,5-6H2,1-2H3/t8-/m1/s1. The van der Waals surface area contributed by atoms with Crippen LogP contribution in [0.15, 0.2) is 16.9 Å². The molecule has 2 rings (SSSR count). The monoisotopic (exact) mass is 288 g/mol. The van der Waals surface area contributed by atoms with Crippen molar-refractivity contribution in [3.63, 3.8) is 0 Å². The van der Waals surface area contributed by atoms with Gasteiger partial charge >= 0.3 is 6.01 Å². The molecule has 1 atom stereocenters. The van der Waals surface area contributed by atoms with Crippen molar-refractivity contribution in [3.8, 4) is 6.01 Å². The number of halogens is 1. The number of aromatic nitrogens is 2. The van der Waals surface area contributed by atoms with Gasteiger partial charge in [0.1, 0.15) is 12.7 Å². The van der Waals surface area contributed by atoms with Gasteiger partial charge in [0.15, 0.2) is 5.79 Å². The van der Waals surface area contributed by atoms with E-state index in [1.165, 1.54) is 0 Å². The molecule has 0 saturated carbocycles. The van der Waals surface area contributed by atoms with E-state index in [2.05, 4.69) is 25.9 Å². The molecule has 1 aliphatic heterocycles. The van der Waals surface area contributed by atoms with Crippen molar-refractivity contribution in [3.05, 3.63) is 16.9 Å². The molecule has 0 N–H and O–H groups in total. The van der Waals surface area contributed by atoms with Crippen LogP contribution in [0.1, 0.15) is 13.8 Å². The zero-order valence-corrected chi connectivity index (χ0v) is 10.7. The van der Waals surface area contributed by atoms with Gasteiger partial charge in [-0.2, -0.15) is 0 Å². The third-order valence-corrected chi connectivity index (χ3v) is 2.47. The van der Waals surface area contributed by atoms with Gasteiger partial charge in [0, 0.05) is 12.4 Å². The maximum absolute atomic E-state index is 5.58. The Bertz CT molecular complexity index is 356. The van der Waals surface area contributed by atoms with Gasteiger partial charge in [0.05, 0.1) is 11.1 Å². The lowest BCUT2D eigenvalue weighted by Gasteiger charge is -2.16. The van der Waals surface area contributed by atoms with Crippen molar-refractivity contribution in [2.45, 2.75) is 25.7 Å². The zero-order valence-electron chi connectivity index (χ0n) is 9.14. The quantitative estimate of drug-likeness (QED) is 0.848. The number of hydrogen-bond acceptors (Lipinski definition) is 5. The van der Waals surface area contributed by atoms with E-state index in [4.69, 9.17) is 14.2 Å². The average Bonchev–Trinajstić information content (AvgIpc) is 2.58. The molecular formula is C10H13BrN2O3. The summed E-state index contributed by atoms with van der Waals surface area (Å²) in [4.78, 5) is 8.00. The van der Waals surface area contributed by atoms with Gasteiger partial charge in [0.2, 0.25) is 0 Å². The highest BCUT2D eigenvalue weighted by Crippen LogP contribution is 2.22. The predicted molar refractivity (Wildman–Crippen MR) is 60.1 cm³/mol. The fourth-order valence-electron chi connectivity index (χ4n) is 1.39. The highest BCUT2D eigenvalue weighted by atomic mass is 79.9. The smallest absolute Gasteiger partial charge is 0.316 e. The number of nitrogens with zero attached hydrogens (tertiary/aromatic N) is 2. The second kappa shape index (κ2) is 4.65. The van der Waals surface area contributed by atoms with Crippen LogP contribution in [0.3, 0.4) is 0 Å². The third-order valence-electron chi connectivity index (χ3n) is 2.06. The topological polar surface area (TPSA) is 53.5 Å². The van der Waals surface area contributed by atoms with Crippen molar-refractivity contribution in [1.29, 1.82) is 0 Å². The van der Waals surface area contributed by atoms with E-state index < -0.39 is 5.79 Å². The highest BCUT2D eigenvalue weighted by Gasteiger charge is 2.33. The fourth-order valence-corrected chi connectivity index (χ4v) is 1.59. The summed E-state index contributed by atoms with van der Waals surface area (Å²) in [5, 5.41) is 0. The summed E-state index contributed by atoms with van der Waals surface area (Å²) in [5.41, 5.74) is 0. The van der Waals surface area contributed by atoms with Crippen LogP contribution in [0, 0.1) is 0 Å². The van der Waals surface area contributed by atoms with Crippen molar-refractivity contribution in [1.82, 2.24) is 9.97 Å². The molecule has 0 amide bonds. The molecule has 0 unspecified atom stereocenters. The molecule has 1 saturated heterocycles. The van der Waals surface area contributed by atoms with Crippen molar-refractivity contribution < 1.29 is 14.2 Å². The lowest BCUT2D eigenvalue weighted by atomic mass is 10.4. The first-order valence-corrected chi connectivity index (χ1v) is 5.76. The van der Waals surface area contributed by atoms with Crippen LogP contribution in [-0.4, -0.2) is 35.1 Å². The van der Waals surface area contributed by atoms with Gasteiger partial charge in [0.25, 0.3) is 0 Å². The van der Waals surface area contributed by atoms with E-state index in [0.29, 0.717) is 19.2 Å². The molecule has 2 heterocycles. The minimum Gasteiger partial charge on any atom is -0.461 e. The first-order chi connectivity index (χ1) is 7.55. The minimum absolute atomic E-state index is 0.0674. The Morgan fingerprint density at radius 1 is 1.50 bits per heavy atom. The largest absolute Gasteiger partial charge is 0.461 e. The average molecular weight is 289 g/mol. The number of hydrogen-bond donors (Lipinski definition) is 0.